The molecule has 0 aromatic heterocycles. The van der Waals surface area contributed by atoms with Gasteiger partial charge in [-0.25, -0.2) is 4.79 Å². The minimum Gasteiger partial charge on any atom is -0.467 e. The molecule has 0 radical (unpaired) electrons. The summed E-state index contributed by atoms with van der Waals surface area (Å²) in [5.74, 6) is -1.43. The number of hydrogen-bond donors (Lipinski definition) is 1. The number of carbonyl (C=O) groups is 3. The van der Waals surface area contributed by atoms with Gasteiger partial charge in [0.2, 0.25) is 5.91 Å². The summed E-state index contributed by atoms with van der Waals surface area (Å²) >= 11 is 0. The van der Waals surface area contributed by atoms with Gasteiger partial charge in [-0.1, -0.05) is 0 Å². The number of quaternary nitrogens is 1. The number of esters is 1. The van der Waals surface area contributed by atoms with E-state index in [-0.39, 0.29) is 25.1 Å². The predicted octanol–water partition coefficient (Wildman–Crippen LogP) is -0.0856. The quantitative estimate of drug-likeness (QED) is 0.278. The van der Waals surface area contributed by atoms with E-state index in [2.05, 4.69) is 0 Å². The van der Waals surface area contributed by atoms with Gasteiger partial charge in [-0.3, -0.25) is 14.5 Å². The highest BCUT2D eigenvalue weighted by Gasteiger charge is 2.55. The Balaban J connectivity index is 3.13. The van der Waals surface area contributed by atoms with Crippen molar-refractivity contribution in [2.45, 2.75) is 45.8 Å². The van der Waals surface area contributed by atoms with Gasteiger partial charge in [0.05, 0.1) is 39.8 Å². The number of nitrogens with zero attached hydrogens (tertiary/aromatic N) is 2. The number of hydrogen-bond acceptors (Lipinski definition) is 5. The Hall–Kier alpha value is -1.47. The van der Waals surface area contributed by atoms with Gasteiger partial charge in [-0.05, 0) is 20.8 Å². The third kappa shape index (κ3) is 3.15. The summed E-state index contributed by atoms with van der Waals surface area (Å²) in [6, 6.07) is -1.24. The topological polar surface area (TPSA) is 83.9 Å². The molecule has 0 spiro atoms. The van der Waals surface area contributed by atoms with Crippen LogP contribution in [0.2, 0.25) is 0 Å². The lowest BCUT2D eigenvalue weighted by Crippen LogP contribution is -2.74. The molecule has 7 nitrogen and oxygen atoms in total. The number of ether oxygens (including phenoxy) is 1. The first-order valence-electron chi connectivity index (χ1n) is 7.80. The van der Waals surface area contributed by atoms with E-state index < -0.39 is 17.8 Å². The molecule has 1 aliphatic rings. The van der Waals surface area contributed by atoms with E-state index >= 15 is 0 Å². The molecule has 22 heavy (non-hydrogen) atoms. The van der Waals surface area contributed by atoms with Crippen LogP contribution in [0.15, 0.2) is 0 Å². The highest BCUT2D eigenvalue weighted by Crippen LogP contribution is 2.32. The van der Waals surface area contributed by atoms with Crippen molar-refractivity contribution in [1.82, 2.24) is 4.90 Å². The number of amides is 1. The molecule has 1 aliphatic heterocycles. The van der Waals surface area contributed by atoms with Gasteiger partial charge in [0.25, 0.3) is 0 Å². The van der Waals surface area contributed by atoms with Crippen molar-refractivity contribution in [3.63, 3.8) is 0 Å². The molecule has 0 saturated carbocycles. The Labute approximate surface area is 131 Å². The van der Waals surface area contributed by atoms with E-state index in [1.165, 1.54) is 12.0 Å². The maximum atomic E-state index is 12.2. The molecule has 1 N–H and O–H groups in total. The van der Waals surface area contributed by atoms with E-state index in [1.807, 2.05) is 20.8 Å². The zero-order chi connectivity index (χ0) is 16.9. The lowest BCUT2D eigenvalue weighted by atomic mass is 9.97. The van der Waals surface area contributed by atoms with Gasteiger partial charge in [-0.2, -0.15) is 0 Å². The first-order valence-corrected chi connectivity index (χ1v) is 7.80. The molecule has 0 bridgehead atoms. The number of aliphatic hydroxyl groups is 1. The Morgan fingerprint density at radius 1 is 1.32 bits per heavy atom. The molecule has 0 aliphatic carbocycles. The molecule has 2 atom stereocenters. The summed E-state index contributed by atoms with van der Waals surface area (Å²) in [5, 5.41) is 8.96. The maximum Gasteiger partial charge on any atom is 0.336 e. The average Bonchev–Trinajstić information content (AvgIpc) is 2.53. The number of ketones is 1. The van der Waals surface area contributed by atoms with Crippen LogP contribution in [-0.2, 0) is 19.1 Å². The van der Waals surface area contributed by atoms with E-state index in [1.54, 1.807) is 0 Å². The Morgan fingerprint density at radius 2 is 1.86 bits per heavy atom. The first kappa shape index (κ1) is 18.6. The van der Waals surface area contributed by atoms with Crippen LogP contribution in [0.5, 0.6) is 0 Å². The van der Waals surface area contributed by atoms with Gasteiger partial charge in [0, 0.05) is 6.42 Å². The number of likely N-dealkylation sites (tertiary alicyclic amines) is 1. The summed E-state index contributed by atoms with van der Waals surface area (Å²) in [6.07, 6.45) is -0.0324. The fourth-order valence-corrected chi connectivity index (χ4v) is 3.25. The highest BCUT2D eigenvalue weighted by molar-refractivity contribution is 6.06. The van der Waals surface area contributed by atoms with E-state index in [4.69, 9.17) is 9.84 Å². The molecular weight excluding hydrogens is 288 g/mol. The molecular formula is C15H27N2O5+. The van der Waals surface area contributed by atoms with Crippen LogP contribution in [-0.4, -0.2) is 77.7 Å². The van der Waals surface area contributed by atoms with Crippen LogP contribution in [0.1, 0.15) is 33.6 Å². The van der Waals surface area contributed by atoms with Crippen LogP contribution in [0, 0.1) is 0 Å². The number of aliphatic hydroxyl groups excluding tert-OH is 1. The predicted molar refractivity (Wildman–Crippen MR) is 79.6 cm³/mol. The third-order valence-electron chi connectivity index (χ3n) is 4.85. The molecule has 1 amide bonds. The molecule has 126 valence electrons. The molecule has 1 rings (SSSR count). The van der Waals surface area contributed by atoms with Gasteiger partial charge in [-0.15, -0.1) is 0 Å². The van der Waals surface area contributed by atoms with Crippen molar-refractivity contribution in [3.8, 4) is 0 Å². The smallest absolute Gasteiger partial charge is 0.336 e. The highest BCUT2D eigenvalue weighted by atomic mass is 16.5. The van der Waals surface area contributed by atoms with Gasteiger partial charge >= 0.3 is 5.97 Å². The maximum absolute atomic E-state index is 12.2. The lowest BCUT2D eigenvalue weighted by Gasteiger charge is -2.53. The summed E-state index contributed by atoms with van der Waals surface area (Å²) in [4.78, 5) is 37.7. The van der Waals surface area contributed by atoms with Crippen LogP contribution < -0.4 is 0 Å². The van der Waals surface area contributed by atoms with Crippen molar-refractivity contribution in [2.75, 3.05) is 33.4 Å². The fourth-order valence-electron chi connectivity index (χ4n) is 3.25. The zero-order valence-corrected chi connectivity index (χ0v) is 13.9. The van der Waals surface area contributed by atoms with Gasteiger partial charge < -0.3 is 14.3 Å². The summed E-state index contributed by atoms with van der Waals surface area (Å²) < 4.78 is 5.35. The van der Waals surface area contributed by atoms with E-state index in [9.17, 15) is 14.4 Å². The number of rotatable bonds is 9. The van der Waals surface area contributed by atoms with Crippen LogP contribution >= 0.6 is 0 Å². The first-order chi connectivity index (χ1) is 10.4. The Morgan fingerprint density at radius 3 is 2.23 bits per heavy atom. The van der Waals surface area contributed by atoms with Crippen molar-refractivity contribution < 1.29 is 28.7 Å². The van der Waals surface area contributed by atoms with Crippen molar-refractivity contribution in [2.24, 2.45) is 0 Å². The standard InChI is InChI=1S/C15H27N2O5/c1-5-17(6-2,7-3)12-10-13(20)16(12)14(15(21)22-4)11(19)8-9-18/h12,14,18H,5-10H2,1-4H3/q+1. The number of Topliss-reactive ketones (excluding diaryl/α,β-unsaturated/α-hetero) is 1. The molecule has 0 aromatic carbocycles. The van der Waals surface area contributed by atoms with Gasteiger partial charge in [0.1, 0.15) is 0 Å². The normalized spacial score (nSPS) is 19.6. The van der Waals surface area contributed by atoms with Crippen LogP contribution in [0.4, 0.5) is 0 Å². The van der Waals surface area contributed by atoms with E-state index in [0.717, 1.165) is 19.6 Å². The summed E-state index contributed by atoms with van der Waals surface area (Å²) in [6.45, 7) is 8.19. The molecule has 1 fully saturated rings. The number of carbonyl (C=O) groups excluding carboxylic acids is 3. The Bertz CT molecular complexity index is 425. The van der Waals surface area contributed by atoms with Crippen molar-refractivity contribution >= 4 is 17.7 Å². The monoisotopic (exact) mass is 315 g/mol. The second-order valence-electron chi connectivity index (χ2n) is 5.52. The summed E-state index contributed by atoms with van der Waals surface area (Å²) in [5.41, 5.74) is 0. The largest absolute Gasteiger partial charge is 0.467 e. The SMILES string of the molecule is CC[N+](CC)(CC)C1CC(=O)N1C(C(=O)CCO)C(=O)OC. The van der Waals surface area contributed by atoms with Crippen LogP contribution in [0.3, 0.4) is 0 Å². The molecule has 7 heteroatoms. The molecule has 1 heterocycles. The summed E-state index contributed by atoms with van der Waals surface area (Å²) in [7, 11) is 1.20. The zero-order valence-electron chi connectivity index (χ0n) is 13.9. The molecule has 2 unspecified atom stereocenters. The van der Waals surface area contributed by atoms with Crippen molar-refractivity contribution in [1.29, 1.82) is 0 Å². The fraction of sp³-hybridized carbons (Fsp3) is 0.800. The minimum absolute atomic E-state index is 0.166. The minimum atomic E-state index is -1.24. The second kappa shape index (κ2) is 7.69. The molecule has 0 aromatic rings. The second-order valence-corrected chi connectivity index (χ2v) is 5.52. The molecule has 1 saturated heterocycles. The average molecular weight is 315 g/mol. The number of methoxy groups -OCH3 is 1. The van der Waals surface area contributed by atoms with Crippen LogP contribution in [0.25, 0.3) is 0 Å². The lowest BCUT2D eigenvalue weighted by molar-refractivity contribution is -0.959. The third-order valence-corrected chi connectivity index (χ3v) is 4.85. The van der Waals surface area contributed by atoms with Crippen molar-refractivity contribution in [3.05, 3.63) is 0 Å². The number of β-lactam (4-membered cyclic amide) rings is 1. The Kier molecular flexibility index (Phi) is 6.49. The van der Waals surface area contributed by atoms with E-state index in [0.29, 0.717) is 10.9 Å². The van der Waals surface area contributed by atoms with Gasteiger partial charge in [0.15, 0.2) is 18.0 Å².